The van der Waals surface area contributed by atoms with Crippen molar-refractivity contribution in [2.45, 2.75) is 25.3 Å². The fourth-order valence-electron chi connectivity index (χ4n) is 4.53. The Labute approximate surface area is 224 Å². The van der Waals surface area contributed by atoms with E-state index in [4.69, 9.17) is 23.2 Å². The molecule has 192 valence electrons. The predicted molar refractivity (Wildman–Crippen MR) is 134 cm³/mol. The normalized spacial score (nSPS) is 14.1. The zero-order valence-corrected chi connectivity index (χ0v) is 21.1. The Morgan fingerprint density at radius 3 is 2.58 bits per heavy atom. The summed E-state index contributed by atoms with van der Waals surface area (Å²) in [5, 5.41) is 28.9. The van der Waals surface area contributed by atoms with Crippen molar-refractivity contribution < 1.29 is 13.5 Å². The summed E-state index contributed by atoms with van der Waals surface area (Å²) in [5.74, 6) is -0.832. The Kier molecular flexibility index (Phi) is 6.24. The molecule has 1 aliphatic carbocycles. The highest BCUT2D eigenvalue weighted by Gasteiger charge is 2.32. The van der Waals surface area contributed by atoms with E-state index in [0.29, 0.717) is 39.6 Å². The molecule has 38 heavy (non-hydrogen) atoms. The highest BCUT2D eigenvalue weighted by molar-refractivity contribution is 6.33. The van der Waals surface area contributed by atoms with E-state index in [-0.39, 0.29) is 21.2 Å². The molecule has 4 aromatic heterocycles. The second-order valence-corrected chi connectivity index (χ2v) is 9.87. The molecule has 1 fully saturated rings. The van der Waals surface area contributed by atoms with Gasteiger partial charge in [0, 0.05) is 29.6 Å². The molecule has 1 unspecified atom stereocenters. The van der Waals surface area contributed by atoms with Crippen molar-refractivity contribution in [3.05, 3.63) is 94.2 Å². The third-order valence-electron chi connectivity index (χ3n) is 6.56. The summed E-state index contributed by atoms with van der Waals surface area (Å²) in [4.78, 5) is 3.76. The molecule has 1 aromatic carbocycles. The first-order valence-corrected chi connectivity index (χ1v) is 12.4. The molecule has 9 nitrogen and oxygen atoms in total. The quantitative estimate of drug-likeness (QED) is 0.202. The van der Waals surface area contributed by atoms with Gasteiger partial charge in [-0.3, -0.25) is 9.67 Å². The van der Waals surface area contributed by atoms with Crippen LogP contribution in [0.5, 0.6) is 0 Å². The van der Waals surface area contributed by atoms with Gasteiger partial charge in [-0.2, -0.15) is 14.5 Å². The fourth-order valence-corrected chi connectivity index (χ4v) is 4.95. The second-order valence-electron chi connectivity index (χ2n) is 9.06. The van der Waals surface area contributed by atoms with E-state index >= 15 is 4.39 Å². The van der Waals surface area contributed by atoms with E-state index in [2.05, 4.69) is 25.6 Å². The van der Waals surface area contributed by atoms with Gasteiger partial charge < -0.3 is 5.21 Å². The third-order valence-corrected chi connectivity index (χ3v) is 7.14. The maximum Gasteiger partial charge on any atom is 0.217 e. The first-order chi connectivity index (χ1) is 18.4. The molecule has 0 bridgehead atoms. The predicted octanol–water partition coefficient (Wildman–Crippen LogP) is 5.20. The summed E-state index contributed by atoms with van der Waals surface area (Å²) in [6.07, 6.45) is 11.0. The van der Waals surface area contributed by atoms with Crippen LogP contribution in [0.15, 0.2) is 61.6 Å². The number of rotatable bonds is 7. The summed E-state index contributed by atoms with van der Waals surface area (Å²) in [5.41, 5.74) is 1.78. The Hall–Kier alpha value is -3.96. The van der Waals surface area contributed by atoms with Gasteiger partial charge in [-0.1, -0.05) is 36.0 Å². The molecule has 0 N–H and O–H groups in total. The minimum atomic E-state index is -0.699. The Bertz CT molecular complexity index is 1620. The van der Waals surface area contributed by atoms with Crippen LogP contribution in [0.3, 0.4) is 0 Å². The van der Waals surface area contributed by atoms with Crippen LogP contribution in [-0.2, 0) is 0 Å². The van der Waals surface area contributed by atoms with Crippen LogP contribution in [0.25, 0.3) is 27.9 Å². The van der Waals surface area contributed by atoms with Crippen molar-refractivity contribution in [2.24, 2.45) is 5.92 Å². The van der Waals surface area contributed by atoms with Gasteiger partial charge in [-0.15, -0.1) is 5.10 Å². The molecule has 0 radical (unpaired) electrons. The molecule has 5 aromatic rings. The van der Waals surface area contributed by atoms with Crippen LogP contribution in [0, 0.1) is 22.8 Å². The van der Waals surface area contributed by atoms with Gasteiger partial charge in [0.25, 0.3) is 0 Å². The van der Waals surface area contributed by atoms with Crippen molar-refractivity contribution in [1.82, 2.24) is 35.0 Å². The molecule has 0 amide bonds. The number of tetrazole rings is 1. The number of hydrogen-bond acceptors (Lipinski definition) is 6. The lowest BCUT2D eigenvalue weighted by molar-refractivity contribution is -0.615. The molecular formula is C25H18Cl2F2N8O. The van der Waals surface area contributed by atoms with E-state index < -0.39 is 17.7 Å². The van der Waals surface area contributed by atoms with Gasteiger partial charge in [-0.05, 0) is 41.0 Å². The number of hydrogen-bond donors (Lipinski definition) is 0. The lowest BCUT2D eigenvalue weighted by Crippen LogP contribution is -2.35. The van der Waals surface area contributed by atoms with Gasteiger partial charge >= 0.3 is 0 Å². The minimum absolute atomic E-state index is 0.0869. The van der Waals surface area contributed by atoms with Crippen molar-refractivity contribution in [3.63, 3.8) is 0 Å². The van der Waals surface area contributed by atoms with E-state index in [1.807, 2.05) is 0 Å². The van der Waals surface area contributed by atoms with Crippen molar-refractivity contribution in [3.8, 4) is 27.9 Å². The van der Waals surface area contributed by atoms with E-state index in [1.54, 1.807) is 29.1 Å². The van der Waals surface area contributed by atoms with Gasteiger partial charge in [0.05, 0.1) is 39.3 Å². The molecule has 1 saturated carbocycles. The zero-order valence-electron chi connectivity index (χ0n) is 19.5. The number of halogens is 4. The molecule has 6 rings (SSSR count). The standard InChI is InChI=1S/C25H18Cl2F2N8O/c26-17-4-6-21(36-13-31-33-34-36)24(25(17)29)15-3-5-20(37(38)12-15)22(7-14-1-2-14)35-11-16(8-32-35)23-18(27)9-30-10-19(23)28/h3-6,8-14,22H,1-2,7H2. The topological polar surface area (TPSA) is 101 Å². The van der Waals surface area contributed by atoms with Crippen LogP contribution >= 0.6 is 23.2 Å². The van der Waals surface area contributed by atoms with Crippen LogP contribution in [0.2, 0.25) is 10.0 Å². The van der Waals surface area contributed by atoms with E-state index in [0.717, 1.165) is 19.0 Å². The van der Waals surface area contributed by atoms with Crippen molar-refractivity contribution >= 4 is 23.2 Å². The highest BCUT2D eigenvalue weighted by atomic mass is 35.5. The summed E-state index contributed by atoms with van der Waals surface area (Å²) >= 11 is 12.3. The molecule has 0 spiro atoms. The number of benzene rings is 1. The number of pyridine rings is 2. The second kappa shape index (κ2) is 9.73. The van der Waals surface area contributed by atoms with Gasteiger partial charge in [0.1, 0.15) is 12.4 Å². The van der Waals surface area contributed by atoms with Crippen LogP contribution in [-0.4, -0.2) is 35.0 Å². The maximum absolute atomic E-state index is 15.2. The fraction of sp³-hybridized carbons (Fsp3) is 0.200. The van der Waals surface area contributed by atoms with Gasteiger partial charge in [-0.25, -0.2) is 8.78 Å². The largest absolute Gasteiger partial charge is 0.618 e. The average Bonchev–Trinajstić information content (AvgIpc) is 3.33. The van der Waals surface area contributed by atoms with Gasteiger partial charge in [0.2, 0.25) is 5.69 Å². The lowest BCUT2D eigenvalue weighted by Gasteiger charge is -2.18. The first-order valence-electron chi connectivity index (χ1n) is 11.7. The first kappa shape index (κ1) is 24.4. The Morgan fingerprint density at radius 1 is 1.03 bits per heavy atom. The van der Waals surface area contributed by atoms with Crippen LogP contribution in [0.1, 0.15) is 31.0 Å². The van der Waals surface area contributed by atoms with Crippen LogP contribution in [0.4, 0.5) is 8.78 Å². The summed E-state index contributed by atoms with van der Waals surface area (Å²) < 4.78 is 33.3. The molecule has 0 saturated heterocycles. The van der Waals surface area contributed by atoms with E-state index in [9.17, 15) is 9.60 Å². The summed E-state index contributed by atoms with van der Waals surface area (Å²) in [6.45, 7) is 0. The van der Waals surface area contributed by atoms with Crippen molar-refractivity contribution in [1.29, 1.82) is 0 Å². The highest BCUT2D eigenvalue weighted by Crippen LogP contribution is 2.40. The Balaban J connectivity index is 1.41. The molecule has 0 aliphatic heterocycles. The number of aromatic nitrogens is 8. The minimum Gasteiger partial charge on any atom is -0.618 e. The third kappa shape index (κ3) is 4.48. The number of nitrogens with zero attached hydrogens (tertiary/aromatic N) is 8. The maximum atomic E-state index is 15.2. The smallest absolute Gasteiger partial charge is 0.217 e. The summed E-state index contributed by atoms with van der Waals surface area (Å²) in [6, 6.07) is 5.83. The van der Waals surface area contributed by atoms with Crippen LogP contribution < -0.4 is 4.73 Å². The Morgan fingerprint density at radius 2 is 1.87 bits per heavy atom. The van der Waals surface area contributed by atoms with E-state index in [1.165, 1.54) is 35.7 Å². The van der Waals surface area contributed by atoms with Crippen molar-refractivity contribution in [2.75, 3.05) is 0 Å². The zero-order chi connectivity index (χ0) is 26.4. The molecule has 4 heterocycles. The molecule has 13 heteroatoms. The summed E-state index contributed by atoms with van der Waals surface area (Å²) in [7, 11) is 0. The lowest BCUT2D eigenvalue weighted by atomic mass is 10.0. The average molecular weight is 555 g/mol. The molecule has 1 aliphatic rings. The molecular weight excluding hydrogens is 537 g/mol. The SMILES string of the molecule is [O-][n+]1cc(-c2c(-n3cnnn3)ccc(Cl)c2F)ccc1C(CC1CC1)n1cc(-c2c(F)cncc2Cl)cn1. The van der Waals surface area contributed by atoms with Gasteiger partial charge in [0.15, 0.2) is 17.8 Å². The molecule has 1 atom stereocenters. The monoisotopic (exact) mass is 554 g/mol.